The van der Waals surface area contributed by atoms with Gasteiger partial charge in [0.15, 0.2) is 0 Å². The van der Waals surface area contributed by atoms with Crippen molar-refractivity contribution in [1.29, 1.82) is 0 Å². The van der Waals surface area contributed by atoms with Gasteiger partial charge in [0.1, 0.15) is 5.75 Å². The van der Waals surface area contributed by atoms with E-state index in [9.17, 15) is 0 Å². The number of rotatable bonds is 10. The highest BCUT2D eigenvalue weighted by molar-refractivity contribution is 5.85. The fraction of sp³-hybridized carbons (Fsp3) is 0.529. The molecule has 24 heavy (non-hydrogen) atoms. The molecule has 2 rings (SSSR count). The molecule has 0 saturated heterocycles. The lowest BCUT2D eigenvalue weighted by molar-refractivity contribution is 0.287. The van der Waals surface area contributed by atoms with E-state index in [-0.39, 0.29) is 12.4 Å². The molecule has 0 spiro atoms. The van der Waals surface area contributed by atoms with E-state index in [1.165, 1.54) is 5.56 Å². The number of nitrogens with zero attached hydrogens (tertiary/aromatic N) is 2. The summed E-state index contributed by atoms with van der Waals surface area (Å²) in [5, 5.41) is 14.0. The summed E-state index contributed by atoms with van der Waals surface area (Å²) in [5.74, 6) is 2.18. The highest BCUT2D eigenvalue weighted by Gasteiger charge is 2.06. The summed E-state index contributed by atoms with van der Waals surface area (Å²) in [6.07, 6.45) is 1.89. The summed E-state index contributed by atoms with van der Waals surface area (Å²) in [7, 11) is 1.84. The van der Waals surface area contributed by atoms with Crippen LogP contribution in [0.4, 0.5) is 6.01 Å². The molecular formula is C17H27ClN4O2. The number of para-hydroxylation sites is 1. The predicted molar refractivity (Wildman–Crippen MR) is 97.9 cm³/mol. The largest absolute Gasteiger partial charge is 0.493 e. The topological polar surface area (TPSA) is 72.2 Å². The summed E-state index contributed by atoms with van der Waals surface area (Å²) in [6, 6.07) is 8.60. The van der Waals surface area contributed by atoms with Gasteiger partial charge in [-0.05, 0) is 37.4 Å². The van der Waals surface area contributed by atoms with E-state index in [2.05, 4.69) is 40.7 Å². The Bertz CT molecular complexity index is 589. The molecule has 2 N–H and O–H groups in total. The number of hydrogen-bond donors (Lipinski definition) is 2. The highest BCUT2D eigenvalue weighted by Crippen LogP contribution is 2.19. The van der Waals surface area contributed by atoms with Crippen LogP contribution in [0.1, 0.15) is 31.7 Å². The third kappa shape index (κ3) is 6.76. The number of ether oxygens (including phenoxy) is 1. The average molecular weight is 355 g/mol. The van der Waals surface area contributed by atoms with Crippen LogP contribution in [0, 0.1) is 5.92 Å². The Morgan fingerprint density at radius 2 is 2.00 bits per heavy atom. The molecule has 0 aliphatic heterocycles. The lowest BCUT2D eigenvalue weighted by Gasteiger charge is -2.12. The monoisotopic (exact) mass is 354 g/mol. The number of nitrogens with one attached hydrogen (secondary N) is 2. The Balaban J connectivity index is 0.00000288. The van der Waals surface area contributed by atoms with Crippen molar-refractivity contribution in [3.8, 4) is 5.75 Å². The molecule has 6 nitrogen and oxygen atoms in total. The van der Waals surface area contributed by atoms with E-state index in [1.54, 1.807) is 0 Å². The van der Waals surface area contributed by atoms with Crippen LogP contribution in [0.5, 0.6) is 5.75 Å². The van der Waals surface area contributed by atoms with Gasteiger partial charge in [0, 0.05) is 6.54 Å². The standard InChI is InChI=1S/C17H26N4O2.ClH/c1-13(2)9-11-22-15-7-5-4-6-14(15)8-10-19-17-21-20-16(23-17)12-18-3;/h4-7,13,18H,8-12H2,1-3H3,(H,19,21);1H. The van der Waals surface area contributed by atoms with Crippen molar-refractivity contribution < 1.29 is 9.15 Å². The third-order valence-corrected chi connectivity index (χ3v) is 3.39. The number of aromatic nitrogens is 2. The maximum absolute atomic E-state index is 5.90. The lowest BCUT2D eigenvalue weighted by Crippen LogP contribution is -2.08. The van der Waals surface area contributed by atoms with Crippen molar-refractivity contribution in [3.05, 3.63) is 35.7 Å². The Labute approximate surface area is 149 Å². The molecule has 0 aliphatic carbocycles. The first kappa shape index (κ1) is 20.3. The first-order chi connectivity index (χ1) is 11.2. The number of benzene rings is 1. The van der Waals surface area contributed by atoms with E-state index >= 15 is 0 Å². The van der Waals surface area contributed by atoms with Gasteiger partial charge in [-0.15, -0.1) is 17.5 Å². The van der Waals surface area contributed by atoms with E-state index < -0.39 is 0 Å². The second kappa shape index (κ2) is 10.9. The van der Waals surface area contributed by atoms with Crippen LogP contribution >= 0.6 is 12.4 Å². The Hall–Kier alpha value is -1.79. The Kier molecular flexibility index (Phi) is 9.19. The van der Waals surface area contributed by atoms with Crippen LogP contribution in [0.15, 0.2) is 28.7 Å². The molecule has 134 valence electrons. The molecule has 0 radical (unpaired) electrons. The second-order valence-electron chi connectivity index (χ2n) is 5.85. The minimum Gasteiger partial charge on any atom is -0.493 e. The molecule has 0 amide bonds. The van der Waals surface area contributed by atoms with Gasteiger partial charge in [-0.2, -0.15) is 0 Å². The van der Waals surface area contributed by atoms with Gasteiger partial charge in [-0.3, -0.25) is 0 Å². The molecule has 0 saturated carbocycles. The number of halogens is 1. The molecule has 1 heterocycles. The van der Waals surface area contributed by atoms with Crippen molar-refractivity contribution in [2.75, 3.05) is 25.5 Å². The van der Waals surface area contributed by atoms with Crippen molar-refractivity contribution in [2.45, 2.75) is 33.2 Å². The van der Waals surface area contributed by atoms with Gasteiger partial charge >= 0.3 is 6.01 Å². The van der Waals surface area contributed by atoms with Crippen LogP contribution in [-0.4, -0.2) is 30.4 Å². The summed E-state index contributed by atoms with van der Waals surface area (Å²) in [6.45, 7) is 6.43. The Morgan fingerprint density at radius 3 is 2.75 bits per heavy atom. The molecular weight excluding hydrogens is 328 g/mol. The van der Waals surface area contributed by atoms with Gasteiger partial charge in [0.25, 0.3) is 0 Å². The summed E-state index contributed by atoms with van der Waals surface area (Å²) in [5.41, 5.74) is 1.18. The van der Waals surface area contributed by atoms with E-state index in [0.29, 0.717) is 30.9 Å². The van der Waals surface area contributed by atoms with Gasteiger partial charge in [0.05, 0.1) is 13.2 Å². The predicted octanol–water partition coefficient (Wildman–Crippen LogP) is 3.29. The minimum absolute atomic E-state index is 0. The quantitative estimate of drug-likeness (QED) is 0.682. The first-order valence-corrected chi connectivity index (χ1v) is 8.10. The maximum atomic E-state index is 5.90. The van der Waals surface area contributed by atoms with Crippen LogP contribution in [-0.2, 0) is 13.0 Å². The van der Waals surface area contributed by atoms with Crippen molar-refractivity contribution in [3.63, 3.8) is 0 Å². The molecule has 0 atom stereocenters. The van der Waals surface area contributed by atoms with Crippen LogP contribution in [0.3, 0.4) is 0 Å². The minimum atomic E-state index is 0. The lowest BCUT2D eigenvalue weighted by atomic mass is 10.1. The summed E-state index contributed by atoms with van der Waals surface area (Å²) < 4.78 is 11.4. The van der Waals surface area contributed by atoms with Crippen molar-refractivity contribution in [2.24, 2.45) is 5.92 Å². The maximum Gasteiger partial charge on any atom is 0.315 e. The van der Waals surface area contributed by atoms with E-state index in [4.69, 9.17) is 9.15 Å². The molecule has 0 unspecified atom stereocenters. The zero-order chi connectivity index (χ0) is 16.5. The van der Waals surface area contributed by atoms with Crippen LogP contribution < -0.4 is 15.4 Å². The smallest absolute Gasteiger partial charge is 0.315 e. The molecule has 7 heteroatoms. The van der Waals surface area contributed by atoms with E-state index in [1.807, 2.05) is 25.2 Å². The van der Waals surface area contributed by atoms with Crippen molar-refractivity contribution in [1.82, 2.24) is 15.5 Å². The van der Waals surface area contributed by atoms with Gasteiger partial charge in [0.2, 0.25) is 5.89 Å². The first-order valence-electron chi connectivity index (χ1n) is 8.10. The van der Waals surface area contributed by atoms with Crippen LogP contribution in [0.25, 0.3) is 0 Å². The Morgan fingerprint density at radius 1 is 1.21 bits per heavy atom. The SMILES string of the molecule is CNCc1nnc(NCCc2ccccc2OCCC(C)C)o1.Cl. The van der Waals surface area contributed by atoms with Gasteiger partial charge in [-0.25, -0.2) is 0 Å². The normalized spacial score (nSPS) is 10.5. The van der Waals surface area contributed by atoms with Gasteiger partial charge in [-0.1, -0.05) is 37.1 Å². The zero-order valence-corrected chi connectivity index (χ0v) is 15.4. The molecule has 1 aromatic heterocycles. The highest BCUT2D eigenvalue weighted by atomic mass is 35.5. The third-order valence-electron chi connectivity index (χ3n) is 3.39. The summed E-state index contributed by atoms with van der Waals surface area (Å²) in [4.78, 5) is 0. The van der Waals surface area contributed by atoms with E-state index in [0.717, 1.165) is 25.2 Å². The molecule has 1 aromatic carbocycles. The fourth-order valence-electron chi connectivity index (χ4n) is 2.11. The molecule has 0 bridgehead atoms. The fourth-order valence-corrected chi connectivity index (χ4v) is 2.11. The average Bonchev–Trinajstić information content (AvgIpc) is 2.96. The molecule has 0 fully saturated rings. The number of anilines is 1. The zero-order valence-electron chi connectivity index (χ0n) is 14.5. The number of hydrogen-bond acceptors (Lipinski definition) is 6. The van der Waals surface area contributed by atoms with Crippen LogP contribution in [0.2, 0.25) is 0 Å². The van der Waals surface area contributed by atoms with Crippen molar-refractivity contribution >= 4 is 18.4 Å². The van der Waals surface area contributed by atoms with Gasteiger partial charge < -0.3 is 19.8 Å². The molecule has 0 aliphatic rings. The summed E-state index contributed by atoms with van der Waals surface area (Å²) >= 11 is 0. The molecule has 2 aromatic rings. The second-order valence-corrected chi connectivity index (χ2v) is 5.85.